The summed E-state index contributed by atoms with van der Waals surface area (Å²) < 4.78 is 7.43. The third-order valence-electron chi connectivity index (χ3n) is 5.33. The van der Waals surface area contributed by atoms with Crippen LogP contribution in [0.5, 0.6) is 0 Å². The van der Waals surface area contributed by atoms with E-state index in [0.29, 0.717) is 19.6 Å². The fraction of sp³-hybridized carbons (Fsp3) is 0.381. The molecule has 1 aliphatic rings. The average molecular weight is 349 g/mol. The Morgan fingerprint density at radius 1 is 1.15 bits per heavy atom. The van der Waals surface area contributed by atoms with Gasteiger partial charge in [0.1, 0.15) is 11.6 Å². The molecule has 0 saturated carbocycles. The molecule has 0 radical (unpaired) electrons. The largest absolute Gasteiger partial charge is 0.381 e. The number of pyridine rings is 1. The molecule has 1 saturated heterocycles. The number of carbonyl (C=O) groups excluding carboxylic acids is 1. The van der Waals surface area contributed by atoms with E-state index in [1.165, 1.54) is 0 Å². The van der Waals surface area contributed by atoms with E-state index >= 15 is 0 Å². The van der Waals surface area contributed by atoms with Crippen LogP contribution < -0.4 is 0 Å². The van der Waals surface area contributed by atoms with Crippen molar-refractivity contribution in [1.82, 2.24) is 14.5 Å². The first-order valence-corrected chi connectivity index (χ1v) is 9.09. The zero-order chi connectivity index (χ0) is 18.1. The van der Waals surface area contributed by atoms with Gasteiger partial charge in [0.25, 0.3) is 0 Å². The van der Waals surface area contributed by atoms with Crippen molar-refractivity contribution in [3.05, 3.63) is 48.2 Å². The van der Waals surface area contributed by atoms with Gasteiger partial charge in [-0.1, -0.05) is 12.1 Å². The van der Waals surface area contributed by atoms with E-state index in [9.17, 15) is 4.79 Å². The Bertz CT molecular complexity index is 955. The Morgan fingerprint density at radius 2 is 1.96 bits per heavy atom. The zero-order valence-electron chi connectivity index (χ0n) is 15.2. The molecule has 3 aromatic rings. The van der Waals surface area contributed by atoms with Crippen molar-refractivity contribution < 1.29 is 9.53 Å². The van der Waals surface area contributed by atoms with Gasteiger partial charge in [-0.3, -0.25) is 9.78 Å². The van der Waals surface area contributed by atoms with Crippen LogP contribution in [0.4, 0.5) is 0 Å². The molecule has 0 spiro atoms. The molecule has 0 amide bonds. The van der Waals surface area contributed by atoms with E-state index in [1.54, 1.807) is 0 Å². The standard InChI is InChI=1S/C21H23N3O2/c1-14-22-13-20(24(14)2)16-3-4-17-12-23-19(10-18(17)9-16)11-21(25)15-5-7-26-8-6-15/h3-4,9-10,12-13,15H,5-8,11H2,1-2H3. The number of carbonyl (C=O) groups is 1. The van der Waals surface area contributed by atoms with Crippen molar-refractivity contribution in [2.24, 2.45) is 13.0 Å². The number of rotatable bonds is 4. The smallest absolute Gasteiger partial charge is 0.142 e. The Morgan fingerprint density at radius 3 is 2.69 bits per heavy atom. The highest BCUT2D eigenvalue weighted by atomic mass is 16.5. The lowest BCUT2D eigenvalue weighted by Crippen LogP contribution is -2.24. The summed E-state index contributed by atoms with van der Waals surface area (Å²) in [7, 11) is 2.02. The maximum atomic E-state index is 12.5. The zero-order valence-corrected chi connectivity index (χ0v) is 15.2. The third kappa shape index (κ3) is 3.27. The second-order valence-electron chi connectivity index (χ2n) is 7.02. The first-order chi connectivity index (χ1) is 12.6. The van der Waals surface area contributed by atoms with Crippen LogP contribution in [0, 0.1) is 12.8 Å². The molecule has 0 unspecified atom stereocenters. The summed E-state index contributed by atoms with van der Waals surface area (Å²) in [6.45, 7) is 3.37. The number of benzene rings is 1. The van der Waals surface area contributed by atoms with Gasteiger partial charge in [-0.15, -0.1) is 0 Å². The van der Waals surface area contributed by atoms with Gasteiger partial charge >= 0.3 is 0 Å². The van der Waals surface area contributed by atoms with E-state index in [1.807, 2.05) is 32.4 Å². The lowest BCUT2D eigenvalue weighted by atomic mass is 9.92. The summed E-state index contributed by atoms with van der Waals surface area (Å²) >= 11 is 0. The van der Waals surface area contributed by atoms with E-state index in [4.69, 9.17) is 4.74 Å². The molecule has 2 aromatic heterocycles. The predicted octanol–water partition coefficient (Wildman–Crippen LogP) is 3.48. The van der Waals surface area contributed by atoms with E-state index in [-0.39, 0.29) is 11.7 Å². The lowest BCUT2D eigenvalue weighted by molar-refractivity contribution is -0.125. The van der Waals surface area contributed by atoms with Crippen molar-refractivity contribution in [2.75, 3.05) is 13.2 Å². The second-order valence-corrected chi connectivity index (χ2v) is 7.02. The molecule has 1 fully saturated rings. The summed E-state index contributed by atoms with van der Waals surface area (Å²) in [5, 5.41) is 2.18. The van der Waals surface area contributed by atoms with Gasteiger partial charge in [0.2, 0.25) is 0 Å². The number of aryl methyl sites for hydroxylation is 1. The Kier molecular flexibility index (Phi) is 4.55. The second kappa shape index (κ2) is 7.00. The number of fused-ring (bicyclic) bond motifs is 1. The monoisotopic (exact) mass is 349 g/mol. The number of ether oxygens (including phenoxy) is 1. The number of ketones is 1. The number of nitrogens with zero attached hydrogens (tertiary/aromatic N) is 3. The van der Waals surface area contributed by atoms with Crippen LogP contribution in [0.15, 0.2) is 36.7 Å². The van der Waals surface area contributed by atoms with Crippen LogP contribution in [0.1, 0.15) is 24.4 Å². The normalized spacial score (nSPS) is 15.5. The van der Waals surface area contributed by atoms with Crippen LogP contribution in [-0.2, 0) is 23.0 Å². The van der Waals surface area contributed by atoms with Crippen molar-refractivity contribution in [2.45, 2.75) is 26.2 Å². The molecule has 5 nitrogen and oxygen atoms in total. The Hall–Kier alpha value is -2.53. The molecule has 1 aromatic carbocycles. The number of aromatic nitrogens is 3. The third-order valence-corrected chi connectivity index (χ3v) is 5.33. The molecule has 26 heavy (non-hydrogen) atoms. The predicted molar refractivity (Wildman–Crippen MR) is 101 cm³/mol. The van der Waals surface area contributed by atoms with Gasteiger partial charge in [-0.05, 0) is 37.3 Å². The topological polar surface area (TPSA) is 57.0 Å². The van der Waals surface area contributed by atoms with Gasteiger partial charge in [0.15, 0.2) is 0 Å². The minimum absolute atomic E-state index is 0.116. The van der Waals surface area contributed by atoms with Gasteiger partial charge in [-0.2, -0.15) is 0 Å². The quantitative estimate of drug-likeness (QED) is 0.723. The summed E-state index contributed by atoms with van der Waals surface area (Å²) in [6, 6.07) is 8.35. The summed E-state index contributed by atoms with van der Waals surface area (Å²) in [6.07, 6.45) is 5.82. The van der Waals surface area contributed by atoms with Crippen LogP contribution in [0.2, 0.25) is 0 Å². The molecule has 0 bridgehead atoms. The lowest BCUT2D eigenvalue weighted by Gasteiger charge is -2.20. The first-order valence-electron chi connectivity index (χ1n) is 9.09. The van der Waals surface area contributed by atoms with Crippen LogP contribution in [0.25, 0.3) is 22.0 Å². The first kappa shape index (κ1) is 16.9. The van der Waals surface area contributed by atoms with E-state index < -0.39 is 0 Å². The molecule has 0 aliphatic carbocycles. The molecule has 1 aliphatic heterocycles. The SMILES string of the molecule is Cc1ncc(-c2ccc3cnc(CC(=O)C4CCOCC4)cc3c2)n1C. The van der Waals surface area contributed by atoms with Gasteiger partial charge in [-0.25, -0.2) is 4.98 Å². The maximum absolute atomic E-state index is 12.5. The highest BCUT2D eigenvalue weighted by molar-refractivity contribution is 5.88. The van der Waals surface area contributed by atoms with E-state index in [0.717, 1.165) is 46.4 Å². The Labute approximate surface area is 153 Å². The number of Topliss-reactive ketones (excluding diaryl/α,β-unsaturated/α-hetero) is 1. The Balaban J connectivity index is 1.61. The molecular weight excluding hydrogens is 326 g/mol. The van der Waals surface area contributed by atoms with Gasteiger partial charge in [0, 0.05) is 55.4 Å². The molecule has 134 valence electrons. The molecule has 4 rings (SSSR count). The van der Waals surface area contributed by atoms with Crippen molar-refractivity contribution >= 4 is 16.6 Å². The van der Waals surface area contributed by atoms with Crippen LogP contribution in [-0.4, -0.2) is 33.5 Å². The number of hydrogen-bond acceptors (Lipinski definition) is 4. The minimum Gasteiger partial charge on any atom is -0.381 e. The summed E-state index contributed by atoms with van der Waals surface area (Å²) in [5.41, 5.74) is 3.04. The van der Waals surface area contributed by atoms with Crippen LogP contribution in [0.3, 0.4) is 0 Å². The summed E-state index contributed by atoms with van der Waals surface area (Å²) in [5.74, 6) is 1.38. The van der Waals surface area contributed by atoms with Crippen molar-refractivity contribution in [3.8, 4) is 11.3 Å². The average Bonchev–Trinajstić information content (AvgIpc) is 3.00. The summed E-state index contributed by atoms with van der Waals surface area (Å²) in [4.78, 5) is 21.4. The molecular formula is C21H23N3O2. The molecule has 0 N–H and O–H groups in total. The molecule has 0 atom stereocenters. The van der Waals surface area contributed by atoms with Crippen molar-refractivity contribution in [3.63, 3.8) is 0 Å². The minimum atomic E-state index is 0.116. The molecule has 3 heterocycles. The fourth-order valence-electron chi connectivity index (χ4n) is 3.56. The van der Waals surface area contributed by atoms with Crippen molar-refractivity contribution in [1.29, 1.82) is 0 Å². The van der Waals surface area contributed by atoms with Gasteiger partial charge < -0.3 is 9.30 Å². The highest BCUT2D eigenvalue weighted by Gasteiger charge is 2.22. The van der Waals surface area contributed by atoms with E-state index in [2.05, 4.69) is 32.7 Å². The van der Waals surface area contributed by atoms with Gasteiger partial charge in [0.05, 0.1) is 11.9 Å². The maximum Gasteiger partial charge on any atom is 0.142 e. The fourth-order valence-corrected chi connectivity index (χ4v) is 3.56. The number of hydrogen-bond donors (Lipinski definition) is 0. The van der Waals surface area contributed by atoms with Crippen LogP contribution >= 0.6 is 0 Å². The number of imidazole rings is 1. The molecule has 5 heteroatoms. The highest BCUT2D eigenvalue weighted by Crippen LogP contribution is 2.25.